The van der Waals surface area contributed by atoms with Gasteiger partial charge in [0.05, 0.1) is 5.52 Å². The molecule has 0 spiro atoms. The molecule has 24 heavy (non-hydrogen) atoms. The van der Waals surface area contributed by atoms with E-state index in [2.05, 4.69) is 25.8 Å². The van der Waals surface area contributed by atoms with Gasteiger partial charge in [-0.15, -0.1) is 0 Å². The van der Waals surface area contributed by atoms with Crippen molar-refractivity contribution in [2.24, 2.45) is 0 Å². The number of nitrogens with zero attached hydrogens (tertiary/aromatic N) is 4. The standard InChI is InChI=1S/C18H16Cl2N4/c19-13-4-3-5-14(12-13)23-8-10-24(11-9-23)17-15-6-1-2-7-16(15)21-18(20)22-17/h1-7,12H,8-11H2. The number of fused-ring (bicyclic) bond motifs is 1. The lowest BCUT2D eigenvalue weighted by atomic mass is 10.2. The van der Waals surface area contributed by atoms with E-state index in [1.54, 1.807) is 0 Å². The number of aromatic nitrogens is 2. The Bertz CT molecular complexity index is 876. The summed E-state index contributed by atoms with van der Waals surface area (Å²) in [4.78, 5) is 13.4. The van der Waals surface area contributed by atoms with Crippen LogP contribution in [0.15, 0.2) is 48.5 Å². The molecular formula is C18H16Cl2N4. The van der Waals surface area contributed by atoms with Crippen LogP contribution in [0, 0.1) is 0 Å². The van der Waals surface area contributed by atoms with Crippen LogP contribution in [0.3, 0.4) is 0 Å². The van der Waals surface area contributed by atoms with Crippen molar-refractivity contribution in [3.05, 3.63) is 58.8 Å². The topological polar surface area (TPSA) is 32.3 Å². The summed E-state index contributed by atoms with van der Waals surface area (Å²) in [5, 5.41) is 2.10. The van der Waals surface area contributed by atoms with Crippen molar-refractivity contribution in [1.82, 2.24) is 9.97 Å². The Labute approximate surface area is 150 Å². The van der Waals surface area contributed by atoms with Gasteiger partial charge < -0.3 is 9.80 Å². The van der Waals surface area contributed by atoms with Gasteiger partial charge in [-0.3, -0.25) is 0 Å². The summed E-state index contributed by atoms with van der Waals surface area (Å²) in [7, 11) is 0. The molecule has 2 aromatic carbocycles. The first kappa shape index (κ1) is 15.5. The normalized spacial score (nSPS) is 15.1. The van der Waals surface area contributed by atoms with Gasteiger partial charge in [-0.2, -0.15) is 4.98 Å². The largest absolute Gasteiger partial charge is 0.368 e. The minimum absolute atomic E-state index is 0.293. The lowest BCUT2D eigenvalue weighted by Gasteiger charge is -2.37. The second kappa shape index (κ2) is 6.46. The first-order chi connectivity index (χ1) is 11.7. The van der Waals surface area contributed by atoms with Crippen LogP contribution < -0.4 is 9.80 Å². The van der Waals surface area contributed by atoms with Gasteiger partial charge >= 0.3 is 0 Å². The van der Waals surface area contributed by atoms with Crippen molar-refractivity contribution in [1.29, 1.82) is 0 Å². The quantitative estimate of drug-likeness (QED) is 0.640. The predicted octanol–water partition coefficient (Wildman–Crippen LogP) is 4.26. The molecule has 0 unspecified atom stereocenters. The average Bonchev–Trinajstić information content (AvgIpc) is 2.61. The summed E-state index contributed by atoms with van der Waals surface area (Å²) >= 11 is 12.2. The molecule has 1 saturated heterocycles. The number of hydrogen-bond donors (Lipinski definition) is 0. The van der Waals surface area contributed by atoms with Crippen LogP contribution in [0.25, 0.3) is 10.9 Å². The maximum atomic E-state index is 6.11. The molecule has 0 bridgehead atoms. The molecule has 1 fully saturated rings. The van der Waals surface area contributed by atoms with Crippen molar-refractivity contribution in [2.45, 2.75) is 0 Å². The third-order valence-corrected chi connectivity index (χ3v) is 4.71. The molecule has 1 aliphatic heterocycles. The van der Waals surface area contributed by atoms with Gasteiger partial charge in [0.1, 0.15) is 5.82 Å². The molecule has 0 amide bonds. The number of piperazine rings is 1. The van der Waals surface area contributed by atoms with Crippen LogP contribution in [0.5, 0.6) is 0 Å². The van der Waals surface area contributed by atoms with E-state index in [-0.39, 0.29) is 0 Å². The smallest absolute Gasteiger partial charge is 0.224 e. The van der Waals surface area contributed by atoms with Gasteiger partial charge in [-0.1, -0.05) is 29.8 Å². The van der Waals surface area contributed by atoms with Crippen molar-refractivity contribution in [3.8, 4) is 0 Å². The van der Waals surface area contributed by atoms with E-state index in [1.807, 2.05) is 42.5 Å². The van der Waals surface area contributed by atoms with Crippen LogP contribution in [0.1, 0.15) is 0 Å². The second-order valence-electron chi connectivity index (χ2n) is 5.79. The zero-order chi connectivity index (χ0) is 16.5. The highest BCUT2D eigenvalue weighted by Gasteiger charge is 2.21. The molecule has 4 rings (SSSR count). The highest BCUT2D eigenvalue weighted by Crippen LogP contribution is 2.27. The maximum Gasteiger partial charge on any atom is 0.224 e. The number of rotatable bonds is 2. The molecule has 3 aromatic rings. The number of anilines is 2. The van der Waals surface area contributed by atoms with Crippen LogP contribution in [-0.2, 0) is 0 Å². The molecule has 1 aliphatic rings. The van der Waals surface area contributed by atoms with Gasteiger partial charge in [0.25, 0.3) is 0 Å². The van der Waals surface area contributed by atoms with E-state index in [1.165, 1.54) is 0 Å². The SMILES string of the molecule is Clc1cccc(N2CCN(c3nc(Cl)nc4ccccc34)CC2)c1. The van der Waals surface area contributed by atoms with E-state index in [9.17, 15) is 0 Å². The van der Waals surface area contributed by atoms with E-state index in [0.29, 0.717) is 5.28 Å². The van der Waals surface area contributed by atoms with Crippen LogP contribution in [-0.4, -0.2) is 36.1 Å². The van der Waals surface area contributed by atoms with Crippen LogP contribution in [0.2, 0.25) is 10.3 Å². The molecule has 122 valence electrons. The van der Waals surface area contributed by atoms with E-state index in [0.717, 1.165) is 53.6 Å². The van der Waals surface area contributed by atoms with E-state index >= 15 is 0 Å². The summed E-state index contributed by atoms with van der Waals surface area (Å²) in [6, 6.07) is 16.0. The fourth-order valence-electron chi connectivity index (χ4n) is 3.12. The number of para-hydroxylation sites is 1. The third kappa shape index (κ3) is 2.99. The molecule has 0 N–H and O–H groups in total. The lowest BCUT2D eigenvalue weighted by Crippen LogP contribution is -2.47. The molecule has 0 atom stereocenters. The summed E-state index contributed by atoms with van der Waals surface area (Å²) < 4.78 is 0. The van der Waals surface area contributed by atoms with Gasteiger partial charge in [-0.25, -0.2) is 4.98 Å². The van der Waals surface area contributed by atoms with Gasteiger partial charge in [0.2, 0.25) is 5.28 Å². The Hall–Kier alpha value is -2.04. The molecule has 6 heteroatoms. The van der Waals surface area contributed by atoms with Crippen LogP contribution >= 0.6 is 23.2 Å². The molecule has 0 saturated carbocycles. The predicted molar refractivity (Wildman–Crippen MR) is 100 cm³/mol. The van der Waals surface area contributed by atoms with Crippen molar-refractivity contribution >= 4 is 45.6 Å². The van der Waals surface area contributed by atoms with Crippen molar-refractivity contribution in [2.75, 3.05) is 36.0 Å². The summed E-state index contributed by atoms with van der Waals surface area (Å²) in [5.74, 6) is 0.913. The van der Waals surface area contributed by atoms with Crippen molar-refractivity contribution in [3.63, 3.8) is 0 Å². The zero-order valence-electron chi connectivity index (χ0n) is 13.0. The Morgan fingerprint density at radius 2 is 1.54 bits per heavy atom. The average molecular weight is 359 g/mol. The Kier molecular flexibility index (Phi) is 4.17. The fourth-order valence-corrected chi connectivity index (χ4v) is 3.48. The lowest BCUT2D eigenvalue weighted by molar-refractivity contribution is 0.649. The Morgan fingerprint density at radius 3 is 2.33 bits per heavy atom. The fraction of sp³-hybridized carbons (Fsp3) is 0.222. The van der Waals surface area contributed by atoms with Crippen LogP contribution in [0.4, 0.5) is 11.5 Å². The molecule has 4 nitrogen and oxygen atoms in total. The third-order valence-electron chi connectivity index (χ3n) is 4.31. The van der Waals surface area contributed by atoms with Gasteiger partial charge in [-0.05, 0) is 41.9 Å². The number of hydrogen-bond acceptors (Lipinski definition) is 4. The Balaban J connectivity index is 1.58. The second-order valence-corrected chi connectivity index (χ2v) is 6.56. The Morgan fingerprint density at radius 1 is 0.792 bits per heavy atom. The number of halogens is 2. The minimum Gasteiger partial charge on any atom is -0.368 e. The highest BCUT2D eigenvalue weighted by molar-refractivity contribution is 6.30. The van der Waals surface area contributed by atoms with E-state index < -0.39 is 0 Å². The number of benzene rings is 2. The minimum atomic E-state index is 0.293. The summed E-state index contributed by atoms with van der Waals surface area (Å²) in [6.45, 7) is 3.58. The van der Waals surface area contributed by atoms with Gasteiger partial charge in [0.15, 0.2) is 0 Å². The first-order valence-corrected chi connectivity index (χ1v) is 8.64. The summed E-state index contributed by atoms with van der Waals surface area (Å²) in [5.41, 5.74) is 2.04. The zero-order valence-corrected chi connectivity index (χ0v) is 14.5. The molecule has 0 radical (unpaired) electrons. The molecule has 0 aliphatic carbocycles. The maximum absolute atomic E-state index is 6.11. The first-order valence-electron chi connectivity index (χ1n) is 7.88. The van der Waals surface area contributed by atoms with Gasteiger partial charge in [0, 0.05) is 42.3 Å². The monoisotopic (exact) mass is 358 g/mol. The van der Waals surface area contributed by atoms with E-state index in [4.69, 9.17) is 23.2 Å². The molecule has 2 heterocycles. The highest BCUT2D eigenvalue weighted by atomic mass is 35.5. The molecule has 1 aromatic heterocycles. The summed E-state index contributed by atoms with van der Waals surface area (Å²) in [6.07, 6.45) is 0. The van der Waals surface area contributed by atoms with Crippen molar-refractivity contribution < 1.29 is 0 Å². The molecular weight excluding hydrogens is 343 g/mol.